The minimum Gasteiger partial charge on any atom is -0.497 e. The Morgan fingerprint density at radius 1 is 1.19 bits per heavy atom. The molecule has 1 N–H and O–H groups in total. The Morgan fingerprint density at radius 2 is 2.04 bits per heavy atom. The molecule has 6 nitrogen and oxygen atoms in total. The molecule has 2 heterocycles. The van der Waals surface area contributed by atoms with Gasteiger partial charge in [-0.3, -0.25) is 0 Å². The second-order valence-corrected chi connectivity index (χ2v) is 6.35. The number of aromatic nitrogens is 3. The number of hydrogen-bond donors (Lipinski definition) is 1. The van der Waals surface area contributed by atoms with E-state index in [0.29, 0.717) is 27.5 Å². The van der Waals surface area contributed by atoms with Crippen LogP contribution in [0.5, 0.6) is 5.75 Å². The molecule has 0 saturated heterocycles. The van der Waals surface area contributed by atoms with Gasteiger partial charge in [0.15, 0.2) is 0 Å². The quantitative estimate of drug-likeness (QED) is 0.567. The highest BCUT2D eigenvalue weighted by atomic mass is 35.5. The average molecular weight is 380 g/mol. The Hall–Kier alpha value is -3.38. The van der Waals surface area contributed by atoms with E-state index < -0.39 is 5.97 Å². The van der Waals surface area contributed by atoms with Crippen LogP contribution in [-0.2, 0) is 0 Å². The van der Waals surface area contributed by atoms with E-state index in [0.717, 1.165) is 11.1 Å². The van der Waals surface area contributed by atoms with Crippen molar-refractivity contribution in [3.8, 4) is 22.7 Å². The number of benzene rings is 2. The fourth-order valence-electron chi connectivity index (χ4n) is 2.93. The van der Waals surface area contributed by atoms with Gasteiger partial charge in [0, 0.05) is 28.4 Å². The number of methoxy groups -OCH3 is 1. The number of rotatable bonds is 4. The number of nitrogens with zero attached hydrogens (tertiary/aromatic N) is 3. The van der Waals surface area contributed by atoms with Crippen LogP contribution in [0.2, 0.25) is 5.02 Å². The normalized spacial score (nSPS) is 10.9. The number of carboxylic acid groups (broad SMARTS) is 1. The number of fused-ring (bicyclic) bond motifs is 1. The molecule has 0 bridgehead atoms. The molecule has 0 aliphatic rings. The summed E-state index contributed by atoms with van der Waals surface area (Å²) in [6, 6.07) is 12.2. The maximum absolute atomic E-state index is 11.5. The summed E-state index contributed by atoms with van der Waals surface area (Å²) >= 11 is 6.15. The molecule has 0 spiro atoms. The molecule has 0 unspecified atom stereocenters. The Kier molecular flexibility index (Phi) is 4.25. The van der Waals surface area contributed by atoms with Crippen LogP contribution >= 0.6 is 11.6 Å². The van der Waals surface area contributed by atoms with Crippen molar-refractivity contribution in [1.82, 2.24) is 14.5 Å². The summed E-state index contributed by atoms with van der Waals surface area (Å²) in [7, 11) is 1.50. The maximum Gasteiger partial charge on any atom is 0.335 e. The third-order valence-corrected chi connectivity index (χ3v) is 4.45. The van der Waals surface area contributed by atoms with Crippen molar-refractivity contribution >= 4 is 28.5 Å². The Balaban J connectivity index is 2.00. The molecule has 134 valence electrons. The van der Waals surface area contributed by atoms with Crippen molar-refractivity contribution in [2.24, 2.45) is 0 Å². The van der Waals surface area contributed by atoms with Crippen molar-refractivity contribution in [2.45, 2.75) is 0 Å². The molecule has 7 heteroatoms. The molecule has 4 rings (SSSR count). The second-order valence-electron chi connectivity index (χ2n) is 5.91. The number of halogens is 1. The molecule has 0 aliphatic heterocycles. The van der Waals surface area contributed by atoms with Crippen LogP contribution in [0.15, 0.2) is 61.2 Å². The summed E-state index contributed by atoms with van der Waals surface area (Å²) < 4.78 is 7.12. The number of carboxylic acids is 1. The summed E-state index contributed by atoms with van der Waals surface area (Å²) in [5.74, 6) is -0.587. The summed E-state index contributed by atoms with van der Waals surface area (Å²) in [6.45, 7) is 0. The van der Waals surface area contributed by atoms with Gasteiger partial charge in [-0.05, 0) is 42.5 Å². The molecule has 27 heavy (non-hydrogen) atoms. The summed E-state index contributed by atoms with van der Waals surface area (Å²) in [6.07, 6.45) is 5.22. The van der Waals surface area contributed by atoms with E-state index in [-0.39, 0.29) is 5.56 Å². The van der Waals surface area contributed by atoms with E-state index in [1.807, 2.05) is 22.9 Å². The molecule has 0 aliphatic carbocycles. The molecular formula is C20H14ClN3O3. The Bertz CT molecular complexity index is 1160. The van der Waals surface area contributed by atoms with E-state index in [1.54, 1.807) is 36.8 Å². The zero-order chi connectivity index (χ0) is 19.0. The monoisotopic (exact) mass is 379 g/mol. The minimum atomic E-state index is -1.03. The molecule has 0 radical (unpaired) electrons. The van der Waals surface area contributed by atoms with Gasteiger partial charge >= 0.3 is 5.97 Å². The highest BCUT2D eigenvalue weighted by Gasteiger charge is 2.13. The van der Waals surface area contributed by atoms with Crippen LogP contribution in [-0.4, -0.2) is 32.7 Å². The lowest BCUT2D eigenvalue weighted by Crippen LogP contribution is -2.00. The van der Waals surface area contributed by atoms with Crippen LogP contribution in [0.4, 0.5) is 0 Å². The number of carbonyl (C=O) groups is 1. The van der Waals surface area contributed by atoms with Gasteiger partial charge in [-0.2, -0.15) is 0 Å². The summed E-state index contributed by atoms with van der Waals surface area (Å²) in [4.78, 5) is 20.3. The highest BCUT2D eigenvalue weighted by Crippen LogP contribution is 2.31. The molecular weight excluding hydrogens is 366 g/mol. The minimum absolute atomic E-state index is 0.126. The van der Waals surface area contributed by atoms with Crippen molar-refractivity contribution in [2.75, 3.05) is 7.11 Å². The fraction of sp³-hybridized carbons (Fsp3) is 0.0500. The van der Waals surface area contributed by atoms with Gasteiger partial charge in [-0.1, -0.05) is 11.6 Å². The topological polar surface area (TPSA) is 77.2 Å². The van der Waals surface area contributed by atoms with Gasteiger partial charge in [-0.25, -0.2) is 14.8 Å². The molecule has 0 amide bonds. The average Bonchev–Trinajstić information content (AvgIpc) is 3.21. The van der Waals surface area contributed by atoms with Crippen LogP contribution in [0.1, 0.15) is 10.4 Å². The highest BCUT2D eigenvalue weighted by molar-refractivity contribution is 6.31. The van der Waals surface area contributed by atoms with Gasteiger partial charge in [0.05, 0.1) is 35.9 Å². The van der Waals surface area contributed by atoms with E-state index in [9.17, 15) is 9.90 Å². The predicted molar refractivity (Wildman–Crippen MR) is 103 cm³/mol. The third kappa shape index (κ3) is 3.22. The Labute approximate surface area is 159 Å². The lowest BCUT2D eigenvalue weighted by Gasteiger charge is -2.12. The van der Waals surface area contributed by atoms with Crippen LogP contribution < -0.4 is 4.74 Å². The van der Waals surface area contributed by atoms with Crippen molar-refractivity contribution in [3.05, 3.63) is 71.8 Å². The number of hydrogen-bond acceptors (Lipinski definition) is 4. The maximum atomic E-state index is 11.5. The van der Waals surface area contributed by atoms with Crippen LogP contribution in [0.25, 0.3) is 27.8 Å². The number of aromatic carboxylic acids is 1. The molecule has 2 aromatic heterocycles. The first-order valence-corrected chi connectivity index (χ1v) is 8.44. The molecule has 0 saturated carbocycles. The van der Waals surface area contributed by atoms with Gasteiger partial charge in [-0.15, -0.1) is 0 Å². The van der Waals surface area contributed by atoms with Crippen molar-refractivity contribution < 1.29 is 14.6 Å². The van der Waals surface area contributed by atoms with Gasteiger partial charge in [0.1, 0.15) is 5.75 Å². The first-order valence-electron chi connectivity index (χ1n) is 8.06. The van der Waals surface area contributed by atoms with E-state index >= 15 is 0 Å². The fourth-order valence-corrected chi connectivity index (χ4v) is 3.10. The second kappa shape index (κ2) is 6.74. The van der Waals surface area contributed by atoms with E-state index in [1.165, 1.54) is 13.2 Å². The summed E-state index contributed by atoms with van der Waals surface area (Å²) in [5, 5.41) is 10.9. The van der Waals surface area contributed by atoms with Crippen molar-refractivity contribution in [3.63, 3.8) is 0 Å². The predicted octanol–water partition coefficient (Wildman–Crippen LogP) is 4.45. The molecule has 4 aromatic rings. The third-order valence-electron chi connectivity index (χ3n) is 4.22. The largest absolute Gasteiger partial charge is 0.497 e. The van der Waals surface area contributed by atoms with Crippen LogP contribution in [0, 0.1) is 0 Å². The first kappa shape index (κ1) is 17.1. The smallest absolute Gasteiger partial charge is 0.335 e. The number of pyridine rings is 1. The molecule has 2 aromatic carbocycles. The lowest BCUT2D eigenvalue weighted by atomic mass is 10.0. The molecule has 0 fully saturated rings. The SMILES string of the molecule is COc1cc(C(=O)O)cc(-c2cc(-n3ccnc3)c3ccc(Cl)cc3n2)c1. The van der Waals surface area contributed by atoms with E-state index in [2.05, 4.69) is 9.97 Å². The Morgan fingerprint density at radius 3 is 2.74 bits per heavy atom. The zero-order valence-corrected chi connectivity index (χ0v) is 15.0. The standard InChI is InChI=1S/C20H14ClN3O3/c1-27-15-7-12(6-13(8-15)20(25)26)17-10-19(24-5-4-22-11-24)16-3-2-14(21)9-18(16)23-17/h2-11H,1H3,(H,25,26). The zero-order valence-electron chi connectivity index (χ0n) is 14.3. The number of imidazole rings is 1. The number of ether oxygens (including phenoxy) is 1. The van der Waals surface area contributed by atoms with Crippen LogP contribution in [0.3, 0.4) is 0 Å². The van der Waals surface area contributed by atoms with Gasteiger partial charge in [0.25, 0.3) is 0 Å². The lowest BCUT2D eigenvalue weighted by molar-refractivity contribution is 0.0696. The molecule has 0 atom stereocenters. The summed E-state index contributed by atoms with van der Waals surface area (Å²) in [5.41, 5.74) is 2.93. The van der Waals surface area contributed by atoms with E-state index in [4.69, 9.17) is 16.3 Å². The van der Waals surface area contributed by atoms with Gasteiger partial charge in [0.2, 0.25) is 0 Å². The van der Waals surface area contributed by atoms with Crippen molar-refractivity contribution in [1.29, 1.82) is 0 Å². The first-order chi connectivity index (χ1) is 13.0. The van der Waals surface area contributed by atoms with Gasteiger partial charge < -0.3 is 14.4 Å².